The summed E-state index contributed by atoms with van der Waals surface area (Å²) in [5.74, 6) is 1.85. The predicted octanol–water partition coefficient (Wildman–Crippen LogP) is 2.82. The minimum atomic E-state index is 0.0840. The van der Waals surface area contributed by atoms with Gasteiger partial charge in [0, 0.05) is 6.42 Å². The van der Waals surface area contributed by atoms with E-state index in [2.05, 4.69) is 17.2 Å². The fraction of sp³-hybridized carbons (Fsp3) is 0.571. The number of amides is 1. The molecule has 1 fully saturated rings. The van der Waals surface area contributed by atoms with Crippen LogP contribution in [0.25, 0.3) is 0 Å². The van der Waals surface area contributed by atoms with Gasteiger partial charge in [-0.2, -0.15) is 0 Å². The monoisotopic (exact) mass is 247 g/mol. The van der Waals surface area contributed by atoms with Crippen LogP contribution in [0.2, 0.25) is 0 Å². The van der Waals surface area contributed by atoms with Crippen LogP contribution in [-0.4, -0.2) is 10.9 Å². The van der Waals surface area contributed by atoms with Crippen LogP contribution in [-0.2, 0) is 4.79 Å². The molecule has 2 rings (SSSR count). The first-order valence-corrected chi connectivity index (χ1v) is 6.65. The van der Waals surface area contributed by atoms with Gasteiger partial charge in [-0.25, -0.2) is 4.98 Å². The van der Waals surface area contributed by atoms with Gasteiger partial charge in [-0.1, -0.05) is 19.8 Å². The molecule has 18 heavy (non-hydrogen) atoms. The molecule has 0 saturated heterocycles. The number of nitrogen functional groups attached to an aromatic ring is 1. The Kier molecular flexibility index (Phi) is 4.18. The lowest BCUT2D eigenvalue weighted by Crippen LogP contribution is -2.21. The van der Waals surface area contributed by atoms with Gasteiger partial charge in [0.05, 0.1) is 11.9 Å². The summed E-state index contributed by atoms with van der Waals surface area (Å²) >= 11 is 0. The van der Waals surface area contributed by atoms with Crippen molar-refractivity contribution in [3.05, 3.63) is 18.3 Å². The van der Waals surface area contributed by atoms with Gasteiger partial charge in [0.1, 0.15) is 5.82 Å². The number of hydrogen-bond donors (Lipinski definition) is 2. The number of anilines is 2. The molecule has 3 N–H and O–H groups in total. The molecule has 0 spiro atoms. The van der Waals surface area contributed by atoms with Crippen LogP contribution < -0.4 is 11.1 Å². The van der Waals surface area contributed by atoms with Crippen molar-refractivity contribution < 1.29 is 4.79 Å². The number of nitrogens with two attached hydrogens (primary N) is 1. The summed E-state index contributed by atoms with van der Waals surface area (Å²) in [7, 11) is 0. The molecule has 1 saturated carbocycles. The molecular formula is C14H21N3O. The van der Waals surface area contributed by atoms with E-state index >= 15 is 0 Å². The van der Waals surface area contributed by atoms with Crippen LogP contribution in [0.5, 0.6) is 0 Å². The molecule has 98 valence electrons. The Morgan fingerprint density at radius 3 is 3.00 bits per heavy atom. The maximum absolute atomic E-state index is 11.9. The number of rotatable bonds is 3. The number of aromatic nitrogens is 1. The number of nitrogens with zero attached hydrogens (tertiary/aromatic N) is 1. The SMILES string of the molecule is CC1CCCC(CC(=O)Nc2ccc(N)nc2)C1. The molecule has 1 heterocycles. The minimum absolute atomic E-state index is 0.0840. The molecule has 2 unspecified atom stereocenters. The average Bonchev–Trinajstić information content (AvgIpc) is 2.32. The smallest absolute Gasteiger partial charge is 0.224 e. The molecule has 0 bridgehead atoms. The quantitative estimate of drug-likeness (QED) is 0.863. The van der Waals surface area contributed by atoms with Crippen molar-refractivity contribution in [2.24, 2.45) is 11.8 Å². The summed E-state index contributed by atoms with van der Waals surface area (Å²) in [4.78, 5) is 15.9. The molecule has 0 aromatic carbocycles. The van der Waals surface area contributed by atoms with Gasteiger partial charge in [0.25, 0.3) is 0 Å². The zero-order chi connectivity index (χ0) is 13.0. The van der Waals surface area contributed by atoms with E-state index in [0.29, 0.717) is 18.2 Å². The molecule has 0 aliphatic heterocycles. The lowest BCUT2D eigenvalue weighted by Gasteiger charge is -2.26. The molecule has 1 amide bonds. The van der Waals surface area contributed by atoms with Crippen LogP contribution in [0.4, 0.5) is 11.5 Å². The van der Waals surface area contributed by atoms with Crippen molar-refractivity contribution in [2.75, 3.05) is 11.1 Å². The predicted molar refractivity (Wildman–Crippen MR) is 73.0 cm³/mol. The van der Waals surface area contributed by atoms with Crippen LogP contribution in [0, 0.1) is 11.8 Å². The van der Waals surface area contributed by atoms with Crippen LogP contribution in [0.3, 0.4) is 0 Å². The molecule has 1 aromatic heterocycles. The van der Waals surface area contributed by atoms with E-state index in [0.717, 1.165) is 11.6 Å². The average molecular weight is 247 g/mol. The zero-order valence-electron chi connectivity index (χ0n) is 10.9. The van der Waals surface area contributed by atoms with Crippen molar-refractivity contribution in [2.45, 2.75) is 39.0 Å². The fourth-order valence-electron chi connectivity index (χ4n) is 2.70. The summed E-state index contributed by atoms with van der Waals surface area (Å²) in [6.07, 6.45) is 7.12. The highest BCUT2D eigenvalue weighted by atomic mass is 16.1. The third-order valence-electron chi connectivity index (χ3n) is 3.59. The molecule has 1 aromatic rings. The van der Waals surface area contributed by atoms with Crippen molar-refractivity contribution in [3.8, 4) is 0 Å². The van der Waals surface area contributed by atoms with Gasteiger partial charge in [-0.3, -0.25) is 4.79 Å². The Morgan fingerprint density at radius 1 is 1.50 bits per heavy atom. The van der Waals surface area contributed by atoms with Gasteiger partial charge in [-0.15, -0.1) is 0 Å². The largest absolute Gasteiger partial charge is 0.384 e. The first-order chi connectivity index (χ1) is 8.63. The second-order valence-corrected chi connectivity index (χ2v) is 5.36. The topological polar surface area (TPSA) is 68.0 Å². The highest BCUT2D eigenvalue weighted by Gasteiger charge is 2.21. The fourth-order valence-corrected chi connectivity index (χ4v) is 2.70. The molecule has 1 aliphatic carbocycles. The summed E-state index contributed by atoms with van der Waals surface area (Å²) in [5, 5.41) is 2.87. The van der Waals surface area contributed by atoms with E-state index in [1.807, 2.05) is 0 Å². The standard InChI is InChI=1S/C14H21N3O/c1-10-3-2-4-11(7-10)8-14(18)17-12-5-6-13(15)16-9-12/h5-6,9-11H,2-4,7-8H2,1H3,(H2,15,16)(H,17,18). The molecule has 1 aliphatic rings. The summed E-state index contributed by atoms with van der Waals surface area (Å²) in [5.41, 5.74) is 6.22. The van der Waals surface area contributed by atoms with E-state index in [9.17, 15) is 4.79 Å². The van der Waals surface area contributed by atoms with Crippen molar-refractivity contribution >= 4 is 17.4 Å². The minimum Gasteiger partial charge on any atom is -0.384 e. The highest BCUT2D eigenvalue weighted by Crippen LogP contribution is 2.30. The number of pyridine rings is 1. The normalized spacial score (nSPS) is 23.6. The van der Waals surface area contributed by atoms with Gasteiger partial charge in [0.2, 0.25) is 5.91 Å². The number of hydrogen-bond acceptors (Lipinski definition) is 3. The van der Waals surface area contributed by atoms with Crippen molar-refractivity contribution in [3.63, 3.8) is 0 Å². The third-order valence-corrected chi connectivity index (χ3v) is 3.59. The van der Waals surface area contributed by atoms with Crippen LogP contribution in [0.1, 0.15) is 39.0 Å². The second kappa shape index (κ2) is 5.85. The molecular weight excluding hydrogens is 226 g/mol. The van der Waals surface area contributed by atoms with E-state index in [1.54, 1.807) is 18.3 Å². The van der Waals surface area contributed by atoms with Crippen molar-refractivity contribution in [1.29, 1.82) is 0 Å². The van der Waals surface area contributed by atoms with E-state index in [4.69, 9.17) is 5.73 Å². The maximum Gasteiger partial charge on any atom is 0.224 e. The molecule has 4 heteroatoms. The van der Waals surface area contributed by atoms with Gasteiger partial charge >= 0.3 is 0 Å². The van der Waals surface area contributed by atoms with Gasteiger partial charge in [-0.05, 0) is 36.8 Å². The Hall–Kier alpha value is -1.58. The maximum atomic E-state index is 11.9. The lowest BCUT2D eigenvalue weighted by atomic mass is 9.81. The second-order valence-electron chi connectivity index (χ2n) is 5.36. The van der Waals surface area contributed by atoms with Crippen LogP contribution >= 0.6 is 0 Å². The number of carbonyl (C=O) groups excluding carboxylic acids is 1. The van der Waals surface area contributed by atoms with Gasteiger partial charge < -0.3 is 11.1 Å². The molecule has 2 atom stereocenters. The van der Waals surface area contributed by atoms with E-state index in [-0.39, 0.29) is 5.91 Å². The van der Waals surface area contributed by atoms with Crippen LogP contribution in [0.15, 0.2) is 18.3 Å². The Labute approximate surface area is 108 Å². The summed E-state index contributed by atoms with van der Waals surface area (Å²) in [6.45, 7) is 2.27. The van der Waals surface area contributed by atoms with Crippen molar-refractivity contribution in [1.82, 2.24) is 4.98 Å². The lowest BCUT2D eigenvalue weighted by molar-refractivity contribution is -0.117. The first-order valence-electron chi connectivity index (χ1n) is 6.65. The Bertz CT molecular complexity index is 402. The van der Waals surface area contributed by atoms with E-state index in [1.165, 1.54) is 25.7 Å². The Morgan fingerprint density at radius 2 is 2.33 bits per heavy atom. The summed E-state index contributed by atoms with van der Waals surface area (Å²) in [6, 6.07) is 3.47. The number of nitrogens with one attached hydrogen (secondary N) is 1. The third kappa shape index (κ3) is 3.72. The van der Waals surface area contributed by atoms with Gasteiger partial charge in [0.15, 0.2) is 0 Å². The summed E-state index contributed by atoms with van der Waals surface area (Å²) < 4.78 is 0. The molecule has 4 nitrogen and oxygen atoms in total. The number of carbonyl (C=O) groups is 1. The first kappa shape index (κ1) is 12.9. The Balaban J connectivity index is 1.83. The molecule has 0 radical (unpaired) electrons. The highest BCUT2D eigenvalue weighted by molar-refractivity contribution is 5.90. The zero-order valence-corrected chi connectivity index (χ0v) is 10.9. The van der Waals surface area contributed by atoms with E-state index < -0.39 is 0 Å².